The van der Waals surface area contributed by atoms with Crippen LogP contribution in [0, 0.1) is 5.82 Å². The Hall–Kier alpha value is -2.37. The normalized spacial score (nSPS) is 12.1. The molecule has 0 aliphatic rings. The maximum atomic E-state index is 13.9. The Labute approximate surface area is 143 Å². The van der Waals surface area contributed by atoms with E-state index in [1.807, 2.05) is 13.8 Å². The van der Waals surface area contributed by atoms with Crippen LogP contribution >= 0.6 is 0 Å². The molecule has 0 fully saturated rings. The summed E-state index contributed by atoms with van der Waals surface area (Å²) in [6.45, 7) is 3.83. The third kappa shape index (κ3) is 5.05. The van der Waals surface area contributed by atoms with Crippen LogP contribution in [0.25, 0.3) is 0 Å². The second-order valence-corrected chi connectivity index (χ2v) is 6.51. The maximum absolute atomic E-state index is 13.9. The van der Waals surface area contributed by atoms with Crippen LogP contribution in [0.2, 0.25) is 0 Å². The average molecular weight is 353 g/mol. The van der Waals surface area contributed by atoms with Gasteiger partial charge in [-0.1, -0.05) is 44.2 Å². The number of alkyl halides is 3. The Morgan fingerprint density at radius 1 is 1.00 bits per heavy atom. The van der Waals surface area contributed by atoms with Gasteiger partial charge in [0.1, 0.15) is 5.82 Å². The van der Waals surface area contributed by atoms with Crippen molar-refractivity contribution in [1.29, 1.82) is 0 Å². The number of carbonyl (C=O) groups is 1. The number of carbonyl (C=O) groups excluding carboxylic acids is 1. The summed E-state index contributed by atoms with van der Waals surface area (Å²) < 4.78 is 51.4. The van der Waals surface area contributed by atoms with Crippen molar-refractivity contribution in [3.05, 3.63) is 71.0 Å². The molecule has 6 heteroatoms. The summed E-state index contributed by atoms with van der Waals surface area (Å²) >= 11 is 0. The molecule has 0 bridgehead atoms. The van der Waals surface area contributed by atoms with E-state index in [4.69, 9.17) is 0 Å². The Kier molecular flexibility index (Phi) is 5.50. The third-order valence-corrected chi connectivity index (χ3v) is 3.98. The van der Waals surface area contributed by atoms with Gasteiger partial charge < -0.3 is 5.32 Å². The lowest BCUT2D eigenvalue weighted by atomic mass is 9.84. The third-order valence-electron chi connectivity index (χ3n) is 3.98. The number of nitrogens with one attached hydrogen (secondary N) is 1. The fourth-order valence-electron chi connectivity index (χ4n) is 2.48. The highest BCUT2D eigenvalue weighted by Crippen LogP contribution is 2.29. The van der Waals surface area contributed by atoms with Gasteiger partial charge in [0.15, 0.2) is 0 Å². The summed E-state index contributed by atoms with van der Waals surface area (Å²) in [5.41, 5.74) is -0.391. The smallest absolute Gasteiger partial charge is 0.355 e. The van der Waals surface area contributed by atoms with Crippen LogP contribution < -0.4 is 5.32 Å². The number of halogens is 4. The van der Waals surface area contributed by atoms with Gasteiger partial charge >= 0.3 is 6.18 Å². The summed E-state index contributed by atoms with van der Waals surface area (Å²) in [7, 11) is 0. The minimum absolute atomic E-state index is 0.0362. The number of rotatable bonds is 5. The van der Waals surface area contributed by atoms with E-state index >= 15 is 0 Å². The molecular weight excluding hydrogens is 334 g/mol. The van der Waals surface area contributed by atoms with E-state index < -0.39 is 17.2 Å². The SMILES string of the molecule is CC(C)(CNC(=O)Cc1ccc(C(F)(F)F)cc1)c1ccccc1F. The zero-order valence-electron chi connectivity index (χ0n) is 14.0. The van der Waals surface area contributed by atoms with Gasteiger partial charge in [0.2, 0.25) is 5.91 Å². The van der Waals surface area contributed by atoms with Gasteiger partial charge in [0, 0.05) is 12.0 Å². The Balaban J connectivity index is 1.95. The number of hydrogen-bond acceptors (Lipinski definition) is 1. The molecule has 1 amide bonds. The van der Waals surface area contributed by atoms with E-state index in [-0.39, 0.29) is 24.7 Å². The monoisotopic (exact) mass is 353 g/mol. The van der Waals surface area contributed by atoms with E-state index in [0.717, 1.165) is 12.1 Å². The number of benzene rings is 2. The average Bonchev–Trinajstić information content (AvgIpc) is 2.53. The molecule has 0 radical (unpaired) electrons. The molecular formula is C19H19F4NO. The van der Waals surface area contributed by atoms with Gasteiger partial charge in [-0.05, 0) is 29.3 Å². The van der Waals surface area contributed by atoms with Gasteiger partial charge in [-0.25, -0.2) is 4.39 Å². The molecule has 0 aliphatic heterocycles. The highest BCUT2D eigenvalue weighted by atomic mass is 19.4. The first-order valence-electron chi connectivity index (χ1n) is 7.77. The lowest BCUT2D eigenvalue weighted by molar-refractivity contribution is -0.137. The Morgan fingerprint density at radius 3 is 2.16 bits per heavy atom. The molecule has 0 aliphatic carbocycles. The molecule has 0 saturated carbocycles. The molecule has 2 aromatic carbocycles. The van der Waals surface area contributed by atoms with Gasteiger partial charge in [-0.3, -0.25) is 4.79 Å². The second kappa shape index (κ2) is 7.25. The summed E-state index contributed by atoms with van der Waals surface area (Å²) in [5.74, 6) is -0.673. The fraction of sp³-hybridized carbons (Fsp3) is 0.316. The minimum Gasteiger partial charge on any atom is -0.355 e. The molecule has 25 heavy (non-hydrogen) atoms. The van der Waals surface area contributed by atoms with Gasteiger partial charge in [-0.2, -0.15) is 13.2 Å². The number of hydrogen-bond donors (Lipinski definition) is 1. The predicted octanol–water partition coefficient (Wildman–Crippen LogP) is 4.48. The lowest BCUT2D eigenvalue weighted by Gasteiger charge is -2.26. The maximum Gasteiger partial charge on any atom is 0.416 e. The lowest BCUT2D eigenvalue weighted by Crippen LogP contribution is -2.37. The van der Waals surface area contributed by atoms with Crippen molar-refractivity contribution >= 4 is 5.91 Å². The highest BCUT2D eigenvalue weighted by Gasteiger charge is 2.30. The molecule has 2 nitrogen and oxygen atoms in total. The van der Waals surface area contributed by atoms with Crippen LogP contribution in [-0.4, -0.2) is 12.5 Å². The van der Waals surface area contributed by atoms with Crippen LogP contribution in [0.1, 0.15) is 30.5 Å². The van der Waals surface area contributed by atoms with Crippen molar-refractivity contribution in [2.24, 2.45) is 0 Å². The Morgan fingerprint density at radius 2 is 1.60 bits per heavy atom. The molecule has 1 N–H and O–H groups in total. The van der Waals surface area contributed by atoms with E-state index in [1.165, 1.54) is 18.2 Å². The minimum atomic E-state index is -4.40. The summed E-state index contributed by atoms with van der Waals surface area (Å²) in [4.78, 5) is 12.0. The molecule has 0 unspecified atom stereocenters. The summed E-state index contributed by atoms with van der Waals surface area (Å²) in [6.07, 6.45) is -4.43. The predicted molar refractivity (Wildman–Crippen MR) is 87.6 cm³/mol. The van der Waals surface area contributed by atoms with Crippen LogP contribution in [0.3, 0.4) is 0 Å². The van der Waals surface area contributed by atoms with E-state index in [1.54, 1.807) is 18.2 Å². The first-order valence-corrected chi connectivity index (χ1v) is 7.77. The molecule has 2 rings (SSSR count). The molecule has 0 heterocycles. The fourth-order valence-corrected chi connectivity index (χ4v) is 2.48. The van der Waals surface area contributed by atoms with Crippen LogP contribution in [-0.2, 0) is 22.8 Å². The van der Waals surface area contributed by atoms with E-state index in [0.29, 0.717) is 11.1 Å². The van der Waals surface area contributed by atoms with Crippen molar-refractivity contribution in [1.82, 2.24) is 5.32 Å². The van der Waals surface area contributed by atoms with Crippen molar-refractivity contribution in [3.8, 4) is 0 Å². The quantitative estimate of drug-likeness (QED) is 0.789. The number of amides is 1. The van der Waals surface area contributed by atoms with E-state index in [2.05, 4.69) is 5.32 Å². The van der Waals surface area contributed by atoms with Gasteiger partial charge in [0.05, 0.1) is 12.0 Å². The van der Waals surface area contributed by atoms with Crippen molar-refractivity contribution in [2.45, 2.75) is 31.9 Å². The molecule has 134 valence electrons. The topological polar surface area (TPSA) is 29.1 Å². The van der Waals surface area contributed by atoms with Crippen LogP contribution in [0.5, 0.6) is 0 Å². The second-order valence-electron chi connectivity index (χ2n) is 6.51. The van der Waals surface area contributed by atoms with E-state index in [9.17, 15) is 22.4 Å². The molecule has 0 aromatic heterocycles. The summed E-state index contributed by atoms with van der Waals surface area (Å²) in [5, 5.41) is 2.71. The first-order chi connectivity index (χ1) is 11.6. The van der Waals surface area contributed by atoms with Crippen molar-refractivity contribution < 1.29 is 22.4 Å². The van der Waals surface area contributed by atoms with Gasteiger partial charge in [-0.15, -0.1) is 0 Å². The van der Waals surface area contributed by atoms with Gasteiger partial charge in [0.25, 0.3) is 0 Å². The molecule has 2 aromatic rings. The zero-order valence-corrected chi connectivity index (χ0v) is 14.0. The largest absolute Gasteiger partial charge is 0.416 e. The summed E-state index contributed by atoms with van der Waals surface area (Å²) in [6, 6.07) is 10.8. The molecule has 0 spiro atoms. The zero-order chi connectivity index (χ0) is 18.7. The van der Waals surface area contributed by atoms with Crippen molar-refractivity contribution in [2.75, 3.05) is 6.54 Å². The van der Waals surface area contributed by atoms with Crippen LogP contribution in [0.4, 0.5) is 17.6 Å². The van der Waals surface area contributed by atoms with Crippen molar-refractivity contribution in [3.63, 3.8) is 0 Å². The Bertz CT molecular complexity index is 736. The first kappa shape index (κ1) is 19.0. The molecule has 0 atom stereocenters. The highest BCUT2D eigenvalue weighted by molar-refractivity contribution is 5.78. The van der Waals surface area contributed by atoms with Crippen LogP contribution in [0.15, 0.2) is 48.5 Å². The standard InChI is InChI=1S/C19H19F4NO/c1-18(2,15-5-3-4-6-16(15)20)12-24-17(25)11-13-7-9-14(10-8-13)19(21,22)23/h3-10H,11-12H2,1-2H3,(H,24,25). The molecule has 0 saturated heterocycles.